The first kappa shape index (κ1) is 13.2. The third-order valence-electron chi connectivity index (χ3n) is 2.37. The Balaban J connectivity index is 2.11. The van der Waals surface area contributed by atoms with E-state index in [4.69, 9.17) is 16.3 Å². The molecule has 1 aromatic carbocycles. The molecule has 0 fully saturated rings. The molecule has 2 rings (SSSR count). The molecule has 0 spiro atoms. The van der Waals surface area contributed by atoms with Gasteiger partial charge in [0.1, 0.15) is 12.4 Å². The zero-order valence-electron chi connectivity index (χ0n) is 9.55. The van der Waals surface area contributed by atoms with Crippen LogP contribution in [0.1, 0.15) is 5.56 Å². The van der Waals surface area contributed by atoms with Crippen LogP contribution in [-0.4, -0.2) is 9.91 Å². The first-order chi connectivity index (χ1) is 9.08. The van der Waals surface area contributed by atoms with Crippen LogP contribution in [0.15, 0.2) is 36.7 Å². The summed E-state index contributed by atoms with van der Waals surface area (Å²) in [7, 11) is 0. The smallest absolute Gasteiger partial charge is 0.305 e. The summed E-state index contributed by atoms with van der Waals surface area (Å²) in [5.74, 6) is -0.751. The molecule has 1 aromatic heterocycles. The summed E-state index contributed by atoms with van der Waals surface area (Å²) >= 11 is 5.88. The number of rotatable bonds is 4. The number of aromatic nitrogens is 1. The molecule has 0 aliphatic carbocycles. The van der Waals surface area contributed by atoms with Crippen molar-refractivity contribution in [2.75, 3.05) is 0 Å². The average molecular weight is 283 g/mol. The molecule has 0 saturated carbocycles. The van der Waals surface area contributed by atoms with Gasteiger partial charge in [-0.05, 0) is 12.1 Å². The summed E-state index contributed by atoms with van der Waals surface area (Å²) in [6.45, 7) is 0.124. The maximum Gasteiger partial charge on any atom is 0.305 e. The van der Waals surface area contributed by atoms with Crippen LogP contribution in [0.5, 0.6) is 5.75 Å². The second-order valence-corrected chi connectivity index (χ2v) is 4.03. The summed E-state index contributed by atoms with van der Waals surface area (Å²) in [4.78, 5) is 13.5. The molecule has 1 heterocycles. The number of nitrogens with zero attached hydrogens (tertiary/aromatic N) is 2. The monoisotopic (exact) mass is 282 g/mol. The molecule has 0 saturated heterocycles. The Bertz CT molecular complexity index is 622. The topological polar surface area (TPSA) is 65.3 Å². The van der Waals surface area contributed by atoms with Crippen molar-refractivity contribution >= 4 is 17.3 Å². The van der Waals surface area contributed by atoms with E-state index >= 15 is 0 Å². The van der Waals surface area contributed by atoms with Crippen molar-refractivity contribution in [3.8, 4) is 5.75 Å². The molecule has 0 aliphatic heterocycles. The molecule has 0 aliphatic rings. The Morgan fingerprint density at radius 3 is 2.84 bits per heavy atom. The quantitative estimate of drug-likeness (QED) is 0.637. The van der Waals surface area contributed by atoms with E-state index in [1.54, 1.807) is 12.3 Å². The number of nitro benzene ring substituents is 1. The van der Waals surface area contributed by atoms with E-state index in [0.717, 1.165) is 12.1 Å². The fourth-order valence-corrected chi connectivity index (χ4v) is 1.58. The van der Waals surface area contributed by atoms with Crippen molar-refractivity contribution in [2.45, 2.75) is 6.61 Å². The van der Waals surface area contributed by atoms with Crippen LogP contribution in [0, 0.1) is 15.9 Å². The second kappa shape index (κ2) is 5.62. The number of benzene rings is 1. The minimum absolute atomic E-state index is 0.124. The molecular formula is C12H8ClFN2O3. The van der Waals surface area contributed by atoms with Gasteiger partial charge in [0.2, 0.25) is 5.82 Å². The predicted molar refractivity (Wildman–Crippen MR) is 66.6 cm³/mol. The van der Waals surface area contributed by atoms with Crippen molar-refractivity contribution in [3.05, 3.63) is 63.2 Å². The van der Waals surface area contributed by atoms with E-state index in [-0.39, 0.29) is 12.4 Å². The number of hydrogen-bond donors (Lipinski definition) is 0. The van der Waals surface area contributed by atoms with Crippen LogP contribution in [0.3, 0.4) is 0 Å². The van der Waals surface area contributed by atoms with Crippen molar-refractivity contribution in [1.29, 1.82) is 0 Å². The maximum atomic E-state index is 13.3. The molecule has 0 unspecified atom stereocenters. The standard InChI is InChI=1S/C12H8ClFN2O3/c13-10-6-15-4-3-8(10)7-19-9-1-2-12(16(17)18)11(14)5-9/h1-6H,7H2. The van der Waals surface area contributed by atoms with Gasteiger partial charge in [-0.2, -0.15) is 4.39 Å². The minimum atomic E-state index is -0.941. The molecular weight excluding hydrogens is 275 g/mol. The molecule has 0 atom stereocenters. The van der Waals surface area contributed by atoms with Gasteiger partial charge >= 0.3 is 5.69 Å². The summed E-state index contributed by atoms with van der Waals surface area (Å²) < 4.78 is 18.7. The Morgan fingerprint density at radius 1 is 1.42 bits per heavy atom. The lowest BCUT2D eigenvalue weighted by Gasteiger charge is -2.07. The van der Waals surface area contributed by atoms with E-state index in [0.29, 0.717) is 10.6 Å². The molecule has 0 bridgehead atoms. The van der Waals surface area contributed by atoms with E-state index in [1.807, 2.05) is 0 Å². The molecule has 0 radical (unpaired) electrons. The van der Waals surface area contributed by atoms with Crippen molar-refractivity contribution < 1.29 is 14.1 Å². The SMILES string of the molecule is O=[N+]([O-])c1ccc(OCc2ccncc2Cl)cc1F. The minimum Gasteiger partial charge on any atom is -0.489 e. The first-order valence-corrected chi connectivity index (χ1v) is 5.61. The second-order valence-electron chi connectivity index (χ2n) is 3.63. The van der Waals surface area contributed by atoms with Gasteiger partial charge in [-0.1, -0.05) is 11.6 Å². The Kier molecular flexibility index (Phi) is 3.91. The molecule has 98 valence electrons. The average Bonchev–Trinajstić information content (AvgIpc) is 2.37. The summed E-state index contributed by atoms with van der Waals surface area (Å²) in [6.07, 6.45) is 3.03. The van der Waals surface area contributed by atoms with Gasteiger partial charge < -0.3 is 4.74 Å². The van der Waals surface area contributed by atoms with Gasteiger partial charge in [0.05, 0.1) is 9.95 Å². The van der Waals surface area contributed by atoms with Crippen molar-refractivity contribution in [2.24, 2.45) is 0 Å². The highest BCUT2D eigenvalue weighted by Gasteiger charge is 2.14. The normalized spacial score (nSPS) is 10.2. The molecule has 7 heteroatoms. The highest BCUT2D eigenvalue weighted by Crippen LogP contribution is 2.23. The van der Waals surface area contributed by atoms with Gasteiger partial charge in [-0.25, -0.2) is 0 Å². The fourth-order valence-electron chi connectivity index (χ4n) is 1.41. The van der Waals surface area contributed by atoms with E-state index in [2.05, 4.69) is 4.98 Å². The molecule has 2 aromatic rings. The summed E-state index contributed by atoms with van der Waals surface area (Å²) in [6, 6.07) is 5.02. The Labute approximate surface area is 112 Å². The number of pyridine rings is 1. The lowest BCUT2D eigenvalue weighted by molar-refractivity contribution is -0.387. The number of nitro groups is 1. The van der Waals surface area contributed by atoms with Gasteiger partial charge in [-0.15, -0.1) is 0 Å². The van der Waals surface area contributed by atoms with Gasteiger partial charge in [-0.3, -0.25) is 15.1 Å². The molecule has 19 heavy (non-hydrogen) atoms. The summed E-state index contributed by atoms with van der Waals surface area (Å²) in [5, 5.41) is 10.9. The van der Waals surface area contributed by atoms with E-state index in [9.17, 15) is 14.5 Å². The van der Waals surface area contributed by atoms with Gasteiger partial charge in [0, 0.05) is 30.1 Å². The molecule has 0 amide bonds. The fraction of sp³-hybridized carbons (Fsp3) is 0.0833. The summed E-state index contributed by atoms with van der Waals surface area (Å²) in [5.41, 5.74) is 0.102. The zero-order valence-corrected chi connectivity index (χ0v) is 10.3. The highest BCUT2D eigenvalue weighted by molar-refractivity contribution is 6.31. The van der Waals surface area contributed by atoms with Crippen LogP contribution in [0.25, 0.3) is 0 Å². The van der Waals surface area contributed by atoms with Gasteiger partial charge in [0.25, 0.3) is 0 Å². The van der Waals surface area contributed by atoms with Crippen LogP contribution in [0.2, 0.25) is 5.02 Å². The third-order valence-corrected chi connectivity index (χ3v) is 2.71. The Hall–Kier alpha value is -2.21. The van der Waals surface area contributed by atoms with E-state index < -0.39 is 16.4 Å². The van der Waals surface area contributed by atoms with Gasteiger partial charge in [0.15, 0.2) is 0 Å². The number of halogens is 2. The largest absolute Gasteiger partial charge is 0.489 e. The van der Waals surface area contributed by atoms with Crippen LogP contribution in [0.4, 0.5) is 10.1 Å². The van der Waals surface area contributed by atoms with Crippen LogP contribution < -0.4 is 4.74 Å². The van der Waals surface area contributed by atoms with E-state index in [1.165, 1.54) is 12.3 Å². The Morgan fingerprint density at radius 2 is 2.21 bits per heavy atom. The zero-order chi connectivity index (χ0) is 13.8. The maximum absolute atomic E-state index is 13.3. The molecule has 0 N–H and O–H groups in total. The molecule has 5 nitrogen and oxygen atoms in total. The lowest BCUT2D eigenvalue weighted by atomic mass is 10.2. The number of ether oxygens (including phenoxy) is 1. The highest BCUT2D eigenvalue weighted by atomic mass is 35.5. The number of hydrogen-bond acceptors (Lipinski definition) is 4. The van der Waals surface area contributed by atoms with Crippen LogP contribution in [-0.2, 0) is 6.61 Å². The predicted octanol–water partition coefficient (Wildman–Crippen LogP) is 3.36. The van der Waals surface area contributed by atoms with Crippen molar-refractivity contribution in [3.63, 3.8) is 0 Å². The van der Waals surface area contributed by atoms with Crippen molar-refractivity contribution in [1.82, 2.24) is 4.98 Å². The first-order valence-electron chi connectivity index (χ1n) is 5.23. The third kappa shape index (κ3) is 3.17. The lowest BCUT2D eigenvalue weighted by Crippen LogP contribution is -1.98. The van der Waals surface area contributed by atoms with Crippen LogP contribution >= 0.6 is 11.6 Å².